The summed E-state index contributed by atoms with van der Waals surface area (Å²) >= 11 is 0. The molecule has 0 unspecified atom stereocenters. The Morgan fingerprint density at radius 3 is 2.70 bits per heavy atom. The number of benzene rings is 1. The Hall–Kier alpha value is -1.55. The molecule has 0 atom stereocenters. The molecule has 0 spiro atoms. The van der Waals surface area contributed by atoms with Crippen LogP contribution in [0.2, 0.25) is 0 Å². The third kappa shape index (κ3) is 3.73. The Morgan fingerprint density at radius 1 is 1.40 bits per heavy atom. The number of nitrogens with zero attached hydrogens (tertiary/aromatic N) is 1. The van der Waals surface area contributed by atoms with Crippen LogP contribution in [0.3, 0.4) is 0 Å². The van der Waals surface area contributed by atoms with E-state index in [1.165, 1.54) is 0 Å². The van der Waals surface area contributed by atoms with Crippen molar-refractivity contribution in [2.75, 3.05) is 19.6 Å². The number of carbonyl (C=O) groups is 1. The number of hydrogen-bond donors (Lipinski definition) is 1. The fourth-order valence-electron chi connectivity index (χ4n) is 2.53. The number of ether oxygens (including phenoxy) is 1. The van der Waals surface area contributed by atoms with Crippen molar-refractivity contribution < 1.29 is 9.53 Å². The second-order valence-corrected chi connectivity index (χ2v) is 5.67. The largest absolute Gasteiger partial charge is 0.491 e. The van der Waals surface area contributed by atoms with Crippen LogP contribution in [0.5, 0.6) is 5.75 Å². The van der Waals surface area contributed by atoms with Crippen LogP contribution in [0.1, 0.15) is 37.0 Å². The summed E-state index contributed by atoms with van der Waals surface area (Å²) in [4.78, 5) is 14.4. The summed E-state index contributed by atoms with van der Waals surface area (Å²) in [6.07, 6.45) is 2.12. The van der Waals surface area contributed by atoms with Crippen molar-refractivity contribution in [2.24, 2.45) is 11.7 Å². The van der Waals surface area contributed by atoms with Crippen molar-refractivity contribution >= 4 is 5.91 Å². The van der Waals surface area contributed by atoms with Crippen molar-refractivity contribution in [3.8, 4) is 5.75 Å². The van der Waals surface area contributed by atoms with Crippen molar-refractivity contribution in [2.45, 2.75) is 32.8 Å². The molecule has 110 valence electrons. The van der Waals surface area contributed by atoms with Gasteiger partial charge in [0.05, 0.1) is 6.10 Å². The second kappa shape index (κ2) is 6.75. The molecule has 0 aromatic heterocycles. The van der Waals surface area contributed by atoms with Crippen LogP contribution >= 0.6 is 0 Å². The van der Waals surface area contributed by atoms with Gasteiger partial charge in [0.2, 0.25) is 0 Å². The third-order valence-electron chi connectivity index (χ3n) is 3.69. The quantitative estimate of drug-likeness (QED) is 0.918. The van der Waals surface area contributed by atoms with Gasteiger partial charge in [0, 0.05) is 18.7 Å². The van der Waals surface area contributed by atoms with Gasteiger partial charge < -0.3 is 15.4 Å². The number of amides is 1. The van der Waals surface area contributed by atoms with Gasteiger partial charge in [-0.05, 0) is 57.4 Å². The minimum Gasteiger partial charge on any atom is -0.491 e. The summed E-state index contributed by atoms with van der Waals surface area (Å²) in [5, 5.41) is 0. The van der Waals surface area contributed by atoms with Crippen LogP contribution in [0.4, 0.5) is 0 Å². The summed E-state index contributed by atoms with van der Waals surface area (Å²) < 4.78 is 5.64. The lowest BCUT2D eigenvalue weighted by atomic mass is 9.96. The van der Waals surface area contributed by atoms with Crippen molar-refractivity contribution in [1.82, 2.24) is 4.90 Å². The minimum absolute atomic E-state index is 0.0923. The maximum Gasteiger partial charge on any atom is 0.253 e. The first-order valence-electron chi connectivity index (χ1n) is 7.36. The number of rotatable bonds is 4. The van der Waals surface area contributed by atoms with Crippen molar-refractivity contribution in [1.29, 1.82) is 0 Å². The lowest BCUT2D eigenvalue weighted by molar-refractivity contribution is 0.0692. The maximum atomic E-state index is 12.5. The van der Waals surface area contributed by atoms with E-state index in [0.29, 0.717) is 11.5 Å². The van der Waals surface area contributed by atoms with Crippen molar-refractivity contribution in [3.05, 3.63) is 29.8 Å². The third-order valence-corrected chi connectivity index (χ3v) is 3.69. The van der Waals surface area contributed by atoms with E-state index in [-0.39, 0.29) is 12.0 Å². The molecule has 4 heteroatoms. The summed E-state index contributed by atoms with van der Waals surface area (Å²) in [5.41, 5.74) is 6.39. The predicted octanol–water partition coefficient (Wildman–Crippen LogP) is 2.28. The van der Waals surface area contributed by atoms with Gasteiger partial charge >= 0.3 is 0 Å². The van der Waals surface area contributed by atoms with Gasteiger partial charge in [-0.15, -0.1) is 0 Å². The lowest BCUT2D eigenvalue weighted by Gasteiger charge is -2.31. The number of nitrogens with two attached hydrogens (primary N) is 1. The molecule has 1 aromatic rings. The Kier molecular flexibility index (Phi) is 5.01. The van der Waals surface area contributed by atoms with E-state index in [9.17, 15) is 4.79 Å². The SMILES string of the molecule is CC(C)Oc1cccc(C(=O)N2CCC(CN)CC2)c1. The Bertz CT molecular complexity index is 452. The Morgan fingerprint density at radius 2 is 2.10 bits per heavy atom. The van der Waals surface area contributed by atoms with Crippen LogP contribution in [-0.2, 0) is 0 Å². The van der Waals surface area contributed by atoms with Gasteiger partial charge in [0.25, 0.3) is 5.91 Å². The topological polar surface area (TPSA) is 55.6 Å². The molecule has 20 heavy (non-hydrogen) atoms. The van der Waals surface area contributed by atoms with Crippen LogP contribution in [-0.4, -0.2) is 36.5 Å². The molecule has 1 aromatic carbocycles. The number of likely N-dealkylation sites (tertiary alicyclic amines) is 1. The van der Waals surface area contributed by atoms with E-state index >= 15 is 0 Å². The average Bonchev–Trinajstić information content (AvgIpc) is 2.46. The second-order valence-electron chi connectivity index (χ2n) is 5.67. The highest BCUT2D eigenvalue weighted by molar-refractivity contribution is 5.94. The van der Waals surface area contributed by atoms with E-state index < -0.39 is 0 Å². The lowest BCUT2D eigenvalue weighted by Crippen LogP contribution is -2.40. The van der Waals surface area contributed by atoms with E-state index in [1.807, 2.05) is 43.0 Å². The molecule has 4 nitrogen and oxygen atoms in total. The molecule has 2 rings (SSSR count). The minimum atomic E-state index is 0.0923. The molecule has 1 aliphatic heterocycles. The summed E-state index contributed by atoms with van der Waals surface area (Å²) in [5.74, 6) is 1.41. The normalized spacial score (nSPS) is 16.5. The first-order chi connectivity index (χ1) is 9.60. The summed E-state index contributed by atoms with van der Waals surface area (Å²) in [7, 11) is 0. The summed E-state index contributed by atoms with van der Waals surface area (Å²) in [6.45, 7) is 6.28. The molecular formula is C16H24N2O2. The van der Waals surface area contributed by atoms with Gasteiger partial charge in [0.15, 0.2) is 0 Å². The van der Waals surface area contributed by atoms with Crippen molar-refractivity contribution in [3.63, 3.8) is 0 Å². The molecule has 1 amide bonds. The van der Waals surface area contributed by atoms with E-state index in [0.717, 1.165) is 38.2 Å². The Balaban J connectivity index is 2.02. The van der Waals surface area contributed by atoms with Gasteiger partial charge in [-0.25, -0.2) is 0 Å². The zero-order chi connectivity index (χ0) is 14.5. The highest BCUT2D eigenvalue weighted by atomic mass is 16.5. The van der Waals surface area contributed by atoms with E-state index in [1.54, 1.807) is 0 Å². The maximum absolute atomic E-state index is 12.5. The van der Waals surface area contributed by atoms with E-state index in [4.69, 9.17) is 10.5 Å². The first-order valence-corrected chi connectivity index (χ1v) is 7.36. The molecule has 1 aliphatic rings. The molecule has 1 heterocycles. The molecule has 0 bridgehead atoms. The number of carbonyl (C=O) groups excluding carboxylic acids is 1. The molecule has 2 N–H and O–H groups in total. The molecule has 1 fully saturated rings. The first kappa shape index (κ1) is 14.9. The molecule has 0 aliphatic carbocycles. The van der Waals surface area contributed by atoms with Crippen LogP contribution in [0.15, 0.2) is 24.3 Å². The van der Waals surface area contributed by atoms with Crippen LogP contribution in [0, 0.1) is 5.92 Å². The molecule has 0 saturated carbocycles. The highest BCUT2D eigenvalue weighted by Crippen LogP contribution is 2.20. The van der Waals surface area contributed by atoms with Crippen LogP contribution in [0.25, 0.3) is 0 Å². The number of hydrogen-bond acceptors (Lipinski definition) is 3. The number of piperidine rings is 1. The predicted molar refractivity (Wildman–Crippen MR) is 79.9 cm³/mol. The molecule has 1 saturated heterocycles. The Labute approximate surface area is 120 Å². The fourth-order valence-corrected chi connectivity index (χ4v) is 2.53. The fraction of sp³-hybridized carbons (Fsp3) is 0.562. The average molecular weight is 276 g/mol. The van der Waals surface area contributed by atoms with Crippen LogP contribution < -0.4 is 10.5 Å². The zero-order valence-corrected chi connectivity index (χ0v) is 12.3. The monoisotopic (exact) mass is 276 g/mol. The van der Waals surface area contributed by atoms with E-state index in [2.05, 4.69) is 0 Å². The summed E-state index contributed by atoms with van der Waals surface area (Å²) in [6, 6.07) is 7.44. The highest BCUT2D eigenvalue weighted by Gasteiger charge is 2.23. The molecule has 0 radical (unpaired) electrons. The smallest absolute Gasteiger partial charge is 0.253 e. The van der Waals surface area contributed by atoms with Gasteiger partial charge in [-0.2, -0.15) is 0 Å². The molecular weight excluding hydrogens is 252 g/mol. The van der Waals surface area contributed by atoms with Gasteiger partial charge in [-0.1, -0.05) is 6.07 Å². The standard InChI is InChI=1S/C16H24N2O2/c1-12(2)20-15-5-3-4-14(10-15)16(19)18-8-6-13(11-17)7-9-18/h3-5,10,12-13H,6-9,11,17H2,1-2H3. The van der Waals surface area contributed by atoms with Gasteiger partial charge in [-0.3, -0.25) is 4.79 Å². The van der Waals surface area contributed by atoms with Gasteiger partial charge in [0.1, 0.15) is 5.75 Å². The zero-order valence-electron chi connectivity index (χ0n) is 12.3.